The molecule has 0 atom stereocenters. The summed E-state index contributed by atoms with van der Waals surface area (Å²) >= 11 is 1.14. The van der Waals surface area contributed by atoms with Crippen LogP contribution in [0.2, 0.25) is 0 Å². The van der Waals surface area contributed by atoms with E-state index in [1.165, 1.54) is 6.07 Å². The average molecular weight is 254 g/mol. The Morgan fingerprint density at radius 2 is 1.88 bits per heavy atom. The minimum absolute atomic E-state index is 0.218. The summed E-state index contributed by atoms with van der Waals surface area (Å²) < 4.78 is 28.9. The first-order valence-electron chi connectivity index (χ1n) is 4.63. The second-order valence-electron chi connectivity index (χ2n) is 3.24. The van der Waals surface area contributed by atoms with Gasteiger partial charge in [-0.05, 0) is 30.0 Å². The fraction of sp³-hybridized carbons (Fsp3) is 0.0909. The highest BCUT2D eigenvalue weighted by Gasteiger charge is 2.18. The lowest BCUT2D eigenvalue weighted by Crippen LogP contribution is -2.08. The third-order valence-electron chi connectivity index (χ3n) is 2.03. The molecule has 1 aromatic heterocycles. The van der Waals surface area contributed by atoms with Gasteiger partial charge in [-0.2, -0.15) is 8.42 Å². The molecule has 1 aromatic carbocycles. The Balaban J connectivity index is 2.33. The third kappa shape index (κ3) is 2.25. The van der Waals surface area contributed by atoms with E-state index in [0.29, 0.717) is 5.75 Å². The van der Waals surface area contributed by atoms with Crippen molar-refractivity contribution in [2.45, 2.75) is 11.1 Å². The molecule has 0 spiro atoms. The maximum atomic E-state index is 11.8. The van der Waals surface area contributed by atoms with Gasteiger partial charge in [0.05, 0.1) is 0 Å². The normalized spacial score (nSPS) is 11.3. The van der Waals surface area contributed by atoms with Crippen LogP contribution >= 0.6 is 11.3 Å². The van der Waals surface area contributed by atoms with Crippen LogP contribution in [0.3, 0.4) is 0 Å². The van der Waals surface area contributed by atoms with Gasteiger partial charge in [0.25, 0.3) is 0 Å². The molecular weight excluding hydrogens is 244 g/mol. The molecule has 0 radical (unpaired) electrons. The van der Waals surface area contributed by atoms with Gasteiger partial charge < -0.3 is 4.18 Å². The summed E-state index contributed by atoms with van der Waals surface area (Å²) in [7, 11) is -3.67. The zero-order valence-electron chi connectivity index (χ0n) is 8.58. The van der Waals surface area contributed by atoms with Gasteiger partial charge in [-0.1, -0.05) is 24.3 Å². The molecule has 0 aliphatic heterocycles. The predicted molar refractivity (Wildman–Crippen MR) is 63.3 cm³/mol. The number of thiophene rings is 1. The predicted octanol–water partition coefficient (Wildman–Crippen LogP) is 2.82. The Hall–Kier alpha value is -1.33. The maximum absolute atomic E-state index is 11.8. The molecule has 3 nitrogen and oxygen atoms in total. The fourth-order valence-corrected chi connectivity index (χ4v) is 3.15. The second-order valence-corrected chi connectivity index (χ2v) is 5.96. The molecule has 0 N–H and O–H groups in total. The van der Waals surface area contributed by atoms with Crippen LogP contribution < -0.4 is 4.18 Å². The summed E-state index contributed by atoms with van der Waals surface area (Å²) in [5, 5.41) is 1.70. The molecule has 16 heavy (non-hydrogen) atoms. The molecular formula is C11H10O3S2. The second kappa shape index (κ2) is 4.27. The van der Waals surface area contributed by atoms with Crippen LogP contribution in [0, 0.1) is 6.92 Å². The number of para-hydroxylation sites is 1. The van der Waals surface area contributed by atoms with Crippen LogP contribution in [0.5, 0.6) is 5.75 Å². The molecule has 0 amide bonds. The summed E-state index contributed by atoms with van der Waals surface area (Å²) in [5.74, 6) is 0.371. The Bertz CT molecular complexity index is 571. The largest absolute Gasteiger partial charge is 0.378 e. The first-order valence-corrected chi connectivity index (χ1v) is 6.92. The van der Waals surface area contributed by atoms with Crippen molar-refractivity contribution in [1.29, 1.82) is 0 Å². The summed E-state index contributed by atoms with van der Waals surface area (Å²) in [6.45, 7) is 1.80. The van der Waals surface area contributed by atoms with Crippen molar-refractivity contribution in [3.8, 4) is 5.75 Å². The van der Waals surface area contributed by atoms with Gasteiger partial charge in [0.1, 0.15) is 5.75 Å². The van der Waals surface area contributed by atoms with Gasteiger partial charge in [0.2, 0.25) is 0 Å². The molecule has 0 saturated heterocycles. The molecule has 0 unspecified atom stereocenters. The lowest BCUT2D eigenvalue weighted by Gasteiger charge is -2.07. The van der Waals surface area contributed by atoms with Crippen LogP contribution in [0.15, 0.2) is 46.0 Å². The molecule has 0 saturated carbocycles. The molecule has 2 aromatic rings. The van der Waals surface area contributed by atoms with Crippen molar-refractivity contribution in [2.24, 2.45) is 0 Å². The summed E-state index contributed by atoms with van der Waals surface area (Å²) in [4.78, 5) is 0. The SMILES string of the molecule is Cc1ccccc1OS(=O)(=O)c1cccs1. The third-order valence-corrected chi connectivity index (χ3v) is 4.63. The fourth-order valence-electron chi connectivity index (χ4n) is 1.21. The van der Waals surface area contributed by atoms with Gasteiger partial charge in [0.15, 0.2) is 4.21 Å². The lowest BCUT2D eigenvalue weighted by molar-refractivity contribution is 0.486. The number of aryl methyl sites for hydroxylation is 1. The zero-order valence-corrected chi connectivity index (χ0v) is 10.2. The van der Waals surface area contributed by atoms with Crippen LogP contribution in [0.1, 0.15) is 5.56 Å². The van der Waals surface area contributed by atoms with Crippen molar-refractivity contribution in [2.75, 3.05) is 0 Å². The van der Waals surface area contributed by atoms with E-state index in [2.05, 4.69) is 0 Å². The number of hydrogen-bond acceptors (Lipinski definition) is 4. The highest BCUT2D eigenvalue weighted by molar-refractivity contribution is 7.89. The van der Waals surface area contributed by atoms with Crippen molar-refractivity contribution in [3.63, 3.8) is 0 Å². The van der Waals surface area contributed by atoms with Crippen molar-refractivity contribution in [3.05, 3.63) is 47.3 Å². The quantitative estimate of drug-likeness (QED) is 0.791. The molecule has 2 rings (SSSR count). The Kier molecular flexibility index (Phi) is 2.98. The first-order chi connectivity index (χ1) is 7.59. The topological polar surface area (TPSA) is 43.4 Å². The Morgan fingerprint density at radius 1 is 1.12 bits per heavy atom. The van der Waals surface area contributed by atoms with E-state index in [9.17, 15) is 8.42 Å². The molecule has 84 valence electrons. The highest BCUT2D eigenvalue weighted by Crippen LogP contribution is 2.24. The molecule has 0 aliphatic rings. The van der Waals surface area contributed by atoms with Crippen molar-refractivity contribution < 1.29 is 12.6 Å². The molecule has 1 heterocycles. The molecule has 0 fully saturated rings. The van der Waals surface area contributed by atoms with E-state index in [0.717, 1.165) is 16.9 Å². The Morgan fingerprint density at radius 3 is 2.50 bits per heavy atom. The van der Waals surface area contributed by atoms with Crippen LogP contribution in [-0.4, -0.2) is 8.42 Å². The van der Waals surface area contributed by atoms with E-state index in [1.54, 1.807) is 36.6 Å². The van der Waals surface area contributed by atoms with Crippen LogP contribution in [-0.2, 0) is 10.1 Å². The van der Waals surface area contributed by atoms with Gasteiger partial charge in [-0.15, -0.1) is 11.3 Å². The lowest BCUT2D eigenvalue weighted by atomic mass is 10.2. The Labute approximate surface area is 98.4 Å². The minimum atomic E-state index is -3.67. The summed E-state index contributed by atoms with van der Waals surface area (Å²) in [5.41, 5.74) is 0.794. The van der Waals surface area contributed by atoms with Crippen LogP contribution in [0.4, 0.5) is 0 Å². The first kappa shape index (κ1) is 11.2. The number of benzene rings is 1. The van der Waals surface area contributed by atoms with Gasteiger partial charge in [-0.25, -0.2) is 0 Å². The smallest absolute Gasteiger partial charge is 0.348 e. The van der Waals surface area contributed by atoms with Crippen molar-refractivity contribution in [1.82, 2.24) is 0 Å². The van der Waals surface area contributed by atoms with E-state index < -0.39 is 10.1 Å². The summed E-state index contributed by atoms with van der Waals surface area (Å²) in [6, 6.07) is 10.2. The van der Waals surface area contributed by atoms with Gasteiger partial charge in [-0.3, -0.25) is 0 Å². The van der Waals surface area contributed by atoms with E-state index >= 15 is 0 Å². The van der Waals surface area contributed by atoms with Crippen molar-refractivity contribution >= 4 is 21.5 Å². The molecule has 0 bridgehead atoms. The van der Waals surface area contributed by atoms with Crippen LogP contribution in [0.25, 0.3) is 0 Å². The minimum Gasteiger partial charge on any atom is -0.378 e. The van der Waals surface area contributed by atoms with E-state index in [-0.39, 0.29) is 4.21 Å². The number of hydrogen-bond donors (Lipinski definition) is 0. The average Bonchev–Trinajstić information content (AvgIpc) is 2.75. The number of rotatable bonds is 3. The monoisotopic (exact) mass is 254 g/mol. The maximum Gasteiger partial charge on any atom is 0.348 e. The molecule has 0 aliphatic carbocycles. The van der Waals surface area contributed by atoms with Gasteiger partial charge in [0, 0.05) is 0 Å². The van der Waals surface area contributed by atoms with E-state index in [1.807, 2.05) is 6.07 Å². The highest BCUT2D eigenvalue weighted by atomic mass is 32.3. The van der Waals surface area contributed by atoms with E-state index in [4.69, 9.17) is 4.18 Å². The zero-order chi connectivity index (χ0) is 11.6. The standard InChI is InChI=1S/C11H10O3S2/c1-9-5-2-3-6-10(9)14-16(12,13)11-7-4-8-15-11/h2-8H,1H3. The molecule has 5 heteroatoms. The van der Waals surface area contributed by atoms with Gasteiger partial charge >= 0.3 is 10.1 Å². The summed E-state index contributed by atoms with van der Waals surface area (Å²) in [6.07, 6.45) is 0.